The molecule has 26 heavy (non-hydrogen) atoms. The lowest BCUT2D eigenvalue weighted by atomic mass is 9.98. The number of carbonyl (C=O) groups is 1. The van der Waals surface area contributed by atoms with E-state index < -0.39 is 6.04 Å². The highest BCUT2D eigenvalue weighted by molar-refractivity contribution is 9.10. The molecule has 2 aromatic carbocycles. The molecular formula is C20H16BrNO4. The van der Waals surface area contributed by atoms with Crippen molar-refractivity contribution < 1.29 is 14.3 Å². The zero-order chi connectivity index (χ0) is 18.3. The summed E-state index contributed by atoms with van der Waals surface area (Å²) < 4.78 is 6.74. The minimum absolute atomic E-state index is 0.0312. The first-order chi connectivity index (χ1) is 12.6. The summed E-state index contributed by atoms with van der Waals surface area (Å²) in [7, 11) is 0. The maximum atomic E-state index is 13.1. The molecule has 6 heteroatoms. The molecule has 0 radical (unpaired) electrons. The molecule has 2 heterocycles. The zero-order valence-electron chi connectivity index (χ0n) is 13.8. The number of aliphatic hydroxyl groups is 1. The summed E-state index contributed by atoms with van der Waals surface area (Å²) in [5.74, 6) is -0.219. The maximum Gasteiger partial charge on any atom is 0.290 e. The number of hydrogen-bond acceptors (Lipinski definition) is 4. The largest absolute Gasteiger partial charge is 0.450 e. The van der Waals surface area contributed by atoms with Gasteiger partial charge in [0.1, 0.15) is 5.58 Å². The second kappa shape index (κ2) is 6.70. The van der Waals surface area contributed by atoms with Crippen molar-refractivity contribution in [2.24, 2.45) is 0 Å². The lowest BCUT2D eigenvalue weighted by Gasteiger charge is -2.24. The van der Waals surface area contributed by atoms with Gasteiger partial charge in [-0.1, -0.05) is 40.2 Å². The van der Waals surface area contributed by atoms with Crippen LogP contribution in [-0.2, 0) is 0 Å². The van der Waals surface area contributed by atoms with E-state index in [0.29, 0.717) is 29.5 Å². The molecule has 1 aromatic heterocycles. The van der Waals surface area contributed by atoms with Crippen LogP contribution in [0.25, 0.3) is 11.0 Å². The van der Waals surface area contributed by atoms with Gasteiger partial charge in [0.2, 0.25) is 5.76 Å². The van der Waals surface area contributed by atoms with Gasteiger partial charge in [0.25, 0.3) is 5.91 Å². The monoisotopic (exact) mass is 413 g/mol. The number of benzene rings is 2. The minimum atomic E-state index is -0.516. The van der Waals surface area contributed by atoms with Crippen molar-refractivity contribution in [2.45, 2.75) is 12.5 Å². The van der Waals surface area contributed by atoms with E-state index >= 15 is 0 Å². The molecular weight excluding hydrogens is 398 g/mol. The Morgan fingerprint density at radius 3 is 2.54 bits per heavy atom. The van der Waals surface area contributed by atoms with E-state index in [1.54, 1.807) is 29.2 Å². The summed E-state index contributed by atoms with van der Waals surface area (Å²) in [6.45, 7) is 0.312. The van der Waals surface area contributed by atoms with Crippen molar-refractivity contribution in [1.82, 2.24) is 4.90 Å². The average molecular weight is 414 g/mol. The molecule has 0 saturated heterocycles. The SMILES string of the molecule is O=C1c2oc3ccccc3c(=O)c2[C@@H](c2ccc(Br)cc2)N1CCCO. The highest BCUT2D eigenvalue weighted by Gasteiger charge is 2.42. The Hall–Kier alpha value is -2.44. The van der Waals surface area contributed by atoms with Crippen LogP contribution in [-0.4, -0.2) is 29.1 Å². The van der Waals surface area contributed by atoms with Crippen molar-refractivity contribution in [3.63, 3.8) is 0 Å². The molecule has 1 aliphatic rings. The summed E-state index contributed by atoms with van der Waals surface area (Å²) in [5.41, 5.74) is 1.42. The van der Waals surface area contributed by atoms with E-state index in [-0.39, 0.29) is 23.7 Å². The fourth-order valence-electron chi connectivity index (χ4n) is 3.43. The summed E-state index contributed by atoms with van der Waals surface area (Å²) in [6.07, 6.45) is 0.431. The van der Waals surface area contributed by atoms with Gasteiger partial charge in [-0.3, -0.25) is 9.59 Å². The molecule has 0 spiro atoms. The molecule has 1 atom stereocenters. The third kappa shape index (κ3) is 2.66. The number of fused-ring (bicyclic) bond motifs is 2. The van der Waals surface area contributed by atoms with Gasteiger partial charge in [0, 0.05) is 17.6 Å². The van der Waals surface area contributed by atoms with Crippen LogP contribution in [0.2, 0.25) is 0 Å². The molecule has 0 fully saturated rings. The summed E-state index contributed by atoms with van der Waals surface area (Å²) in [6, 6.07) is 14.0. The summed E-state index contributed by atoms with van der Waals surface area (Å²) >= 11 is 3.41. The summed E-state index contributed by atoms with van der Waals surface area (Å²) in [5, 5.41) is 9.67. The Balaban J connectivity index is 1.96. The van der Waals surface area contributed by atoms with E-state index in [4.69, 9.17) is 4.42 Å². The lowest BCUT2D eigenvalue weighted by molar-refractivity contribution is 0.0716. The Kier molecular flexibility index (Phi) is 4.38. The van der Waals surface area contributed by atoms with Gasteiger partial charge in [-0.25, -0.2) is 0 Å². The molecule has 0 bridgehead atoms. The predicted octanol–water partition coefficient (Wildman–Crippen LogP) is 3.48. The number of halogens is 1. The van der Waals surface area contributed by atoms with Crippen LogP contribution in [0.1, 0.15) is 34.1 Å². The number of carbonyl (C=O) groups excluding carboxylic acids is 1. The van der Waals surface area contributed by atoms with Crippen molar-refractivity contribution in [3.05, 3.63) is 80.1 Å². The number of amides is 1. The predicted molar refractivity (Wildman–Crippen MR) is 101 cm³/mol. The molecule has 3 aromatic rings. The quantitative estimate of drug-likeness (QED) is 0.710. The molecule has 4 rings (SSSR count). The molecule has 0 unspecified atom stereocenters. The van der Waals surface area contributed by atoms with Crippen molar-refractivity contribution in [2.75, 3.05) is 13.2 Å². The van der Waals surface area contributed by atoms with Gasteiger partial charge < -0.3 is 14.4 Å². The van der Waals surface area contributed by atoms with Gasteiger partial charge in [0.15, 0.2) is 5.43 Å². The Labute approximate surface area is 158 Å². The van der Waals surface area contributed by atoms with Gasteiger partial charge in [-0.15, -0.1) is 0 Å². The van der Waals surface area contributed by atoms with Crippen molar-refractivity contribution in [1.29, 1.82) is 0 Å². The molecule has 132 valence electrons. The van der Waals surface area contributed by atoms with Gasteiger partial charge >= 0.3 is 0 Å². The van der Waals surface area contributed by atoms with E-state index in [1.165, 1.54) is 0 Å². The van der Waals surface area contributed by atoms with Gasteiger partial charge in [-0.05, 0) is 36.2 Å². The van der Waals surface area contributed by atoms with Crippen LogP contribution in [0.5, 0.6) is 0 Å². The Bertz CT molecular complexity index is 1040. The first kappa shape index (κ1) is 17.0. The van der Waals surface area contributed by atoms with E-state index in [9.17, 15) is 14.7 Å². The van der Waals surface area contributed by atoms with Crippen LogP contribution < -0.4 is 5.43 Å². The van der Waals surface area contributed by atoms with Gasteiger partial charge in [0.05, 0.1) is 17.0 Å². The topological polar surface area (TPSA) is 70.8 Å². The molecule has 0 saturated carbocycles. The fourth-order valence-corrected chi connectivity index (χ4v) is 3.69. The first-order valence-corrected chi connectivity index (χ1v) is 9.14. The zero-order valence-corrected chi connectivity index (χ0v) is 15.4. The van der Waals surface area contributed by atoms with Crippen LogP contribution in [0.15, 0.2) is 62.2 Å². The van der Waals surface area contributed by atoms with E-state index in [0.717, 1.165) is 10.0 Å². The number of rotatable bonds is 4. The number of hydrogen-bond donors (Lipinski definition) is 1. The van der Waals surface area contributed by atoms with Crippen LogP contribution in [0.3, 0.4) is 0 Å². The summed E-state index contributed by atoms with van der Waals surface area (Å²) in [4.78, 5) is 27.7. The van der Waals surface area contributed by atoms with Crippen LogP contribution >= 0.6 is 15.9 Å². The third-order valence-electron chi connectivity index (χ3n) is 4.62. The number of para-hydroxylation sites is 1. The highest BCUT2D eigenvalue weighted by Crippen LogP contribution is 2.38. The maximum absolute atomic E-state index is 13.1. The average Bonchev–Trinajstić information content (AvgIpc) is 2.93. The Morgan fingerprint density at radius 1 is 1.08 bits per heavy atom. The molecule has 0 aliphatic carbocycles. The molecule has 1 amide bonds. The second-order valence-corrected chi connectivity index (χ2v) is 7.12. The molecule has 1 aliphatic heterocycles. The minimum Gasteiger partial charge on any atom is -0.450 e. The standard InChI is InChI=1S/C20H16BrNO4/c21-13-8-6-12(7-9-13)17-16-18(24)14-4-1-2-5-15(14)26-19(16)20(25)22(17)10-3-11-23/h1-2,4-9,17,23H,3,10-11H2/t17-/m1/s1. The van der Waals surface area contributed by atoms with Crippen molar-refractivity contribution in [3.8, 4) is 0 Å². The fraction of sp³-hybridized carbons (Fsp3) is 0.200. The second-order valence-electron chi connectivity index (χ2n) is 6.20. The first-order valence-electron chi connectivity index (χ1n) is 8.35. The third-order valence-corrected chi connectivity index (χ3v) is 5.14. The van der Waals surface area contributed by atoms with Gasteiger partial charge in [-0.2, -0.15) is 0 Å². The lowest BCUT2D eigenvalue weighted by Crippen LogP contribution is -2.31. The number of aliphatic hydroxyl groups excluding tert-OH is 1. The molecule has 5 nitrogen and oxygen atoms in total. The highest BCUT2D eigenvalue weighted by atomic mass is 79.9. The van der Waals surface area contributed by atoms with E-state index in [1.807, 2.05) is 24.3 Å². The number of nitrogens with zero attached hydrogens (tertiary/aromatic N) is 1. The Morgan fingerprint density at radius 2 is 1.81 bits per heavy atom. The van der Waals surface area contributed by atoms with Crippen LogP contribution in [0.4, 0.5) is 0 Å². The smallest absolute Gasteiger partial charge is 0.290 e. The molecule has 1 N–H and O–H groups in total. The van der Waals surface area contributed by atoms with Crippen LogP contribution in [0, 0.1) is 0 Å². The van der Waals surface area contributed by atoms with E-state index in [2.05, 4.69) is 15.9 Å². The normalized spacial score (nSPS) is 16.3. The van der Waals surface area contributed by atoms with Crippen molar-refractivity contribution >= 4 is 32.8 Å².